The van der Waals surface area contributed by atoms with Gasteiger partial charge in [-0.05, 0) is 57.3 Å². The zero-order valence-electron chi connectivity index (χ0n) is 20.6. The predicted molar refractivity (Wildman–Crippen MR) is 129 cm³/mol. The van der Waals surface area contributed by atoms with Crippen molar-refractivity contribution in [3.8, 4) is 0 Å². The second kappa shape index (κ2) is 9.89. The molecule has 1 N–H and O–H groups in total. The number of carbonyl (C=O) groups is 2. The van der Waals surface area contributed by atoms with E-state index in [1.54, 1.807) is 39.0 Å². The van der Waals surface area contributed by atoms with Crippen molar-refractivity contribution in [1.29, 1.82) is 0 Å². The highest BCUT2D eigenvalue weighted by molar-refractivity contribution is 7.10. The van der Waals surface area contributed by atoms with Crippen LogP contribution in [0.3, 0.4) is 0 Å². The van der Waals surface area contributed by atoms with E-state index in [2.05, 4.69) is 44.1 Å². The normalized spacial score (nSPS) is 13.7. The van der Waals surface area contributed by atoms with Gasteiger partial charge in [0.25, 0.3) is 0 Å². The number of ether oxygens (including phenoxy) is 2. The molecule has 0 aliphatic rings. The van der Waals surface area contributed by atoms with Crippen LogP contribution in [0, 0.1) is 0 Å². The number of rotatable bonds is 8. The summed E-state index contributed by atoms with van der Waals surface area (Å²) in [7, 11) is -2.16. The zero-order valence-corrected chi connectivity index (χ0v) is 22.4. The first-order valence-electron chi connectivity index (χ1n) is 10.8. The Morgan fingerprint density at radius 3 is 2.31 bits per heavy atom. The monoisotopic (exact) mass is 480 g/mol. The van der Waals surface area contributed by atoms with Gasteiger partial charge >= 0.3 is 11.9 Å². The Balaban J connectivity index is 2.52. The van der Waals surface area contributed by atoms with Crippen LogP contribution >= 0.6 is 11.3 Å². The van der Waals surface area contributed by atoms with E-state index in [-0.39, 0.29) is 29.1 Å². The van der Waals surface area contributed by atoms with Gasteiger partial charge in [0, 0.05) is 16.9 Å². The molecule has 1 unspecified atom stereocenters. The fourth-order valence-electron chi connectivity index (χ4n) is 2.82. The lowest BCUT2D eigenvalue weighted by molar-refractivity contribution is 0.00611. The van der Waals surface area contributed by atoms with Crippen LogP contribution in [0.25, 0.3) is 0 Å². The standard InChI is InChI=1S/C23H36N2O5SSi/c1-10-28-20(26)18-15(19(25-24-18)21(27)29-22(2,3)4)14-16(17-12-11-13-31-17)30-32(8,9)23(5,6)7/h11-13,16H,10,14H2,1-9H3,(H,24,25). The number of hydrogen-bond acceptors (Lipinski definition) is 7. The van der Waals surface area contributed by atoms with Crippen molar-refractivity contribution in [2.24, 2.45) is 0 Å². The lowest BCUT2D eigenvalue weighted by Gasteiger charge is -2.39. The molecule has 32 heavy (non-hydrogen) atoms. The summed E-state index contributed by atoms with van der Waals surface area (Å²) in [5.74, 6) is -1.14. The van der Waals surface area contributed by atoms with Crippen molar-refractivity contribution in [2.75, 3.05) is 6.61 Å². The Kier molecular flexibility index (Phi) is 8.12. The summed E-state index contributed by atoms with van der Waals surface area (Å²) >= 11 is 1.59. The third-order valence-corrected chi connectivity index (χ3v) is 10.9. The Morgan fingerprint density at radius 2 is 1.81 bits per heavy atom. The molecule has 0 aliphatic heterocycles. The number of nitrogens with zero attached hydrogens (tertiary/aromatic N) is 1. The van der Waals surface area contributed by atoms with Gasteiger partial charge in [-0.15, -0.1) is 11.3 Å². The molecule has 2 aromatic rings. The van der Waals surface area contributed by atoms with Crippen LogP contribution < -0.4 is 0 Å². The second-order valence-corrected chi connectivity index (χ2v) is 16.0. The van der Waals surface area contributed by atoms with Gasteiger partial charge < -0.3 is 13.9 Å². The number of carbonyl (C=O) groups excluding carboxylic acids is 2. The summed E-state index contributed by atoms with van der Waals surface area (Å²) in [6.07, 6.45) is -0.0328. The molecule has 7 nitrogen and oxygen atoms in total. The minimum Gasteiger partial charge on any atom is -0.461 e. The number of hydrogen-bond donors (Lipinski definition) is 1. The molecule has 178 valence electrons. The van der Waals surface area contributed by atoms with Crippen LogP contribution in [0.1, 0.15) is 86.0 Å². The SMILES string of the molecule is CCOC(=O)c1[nH]nc(C(=O)OC(C)(C)C)c1CC(O[Si](C)(C)C(C)(C)C)c1cccs1. The topological polar surface area (TPSA) is 90.5 Å². The maximum Gasteiger partial charge on any atom is 0.359 e. The molecule has 0 spiro atoms. The molecular weight excluding hydrogens is 444 g/mol. The summed E-state index contributed by atoms with van der Waals surface area (Å²) < 4.78 is 17.5. The lowest BCUT2D eigenvalue weighted by Crippen LogP contribution is -2.42. The highest BCUT2D eigenvalue weighted by Crippen LogP contribution is 2.41. The molecule has 0 saturated heterocycles. The minimum absolute atomic E-state index is 0.00310. The smallest absolute Gasteiger partial charge is 0.359 e. The van der Waals surface area contributed by atoms with Gasteiger partial charge in [-0.25, -0.2) is 9.59 Å². The highest BCUT2D eigenvalue weighted by atomic mass is 32.1. The average Bonchev–Trinajstić information content (AvgIpc) is 3.28. The second-order valence-electron chi connectivity index (χ2n) is 10.2. The third-order valence-electron chi connectivity index (χ3n) is 5.43. The lowest BCUT2D eigenvalue weighted by atomic mass is 10.0. The summed E-state index contributed by atoms with van der Waals surface area (Å²) in [5.41, 5.74) is 0.00798. The van der Waals surface area contributed by atoms with Crippen molar-refractivity contribution >= 4 is 31.6 Å². The first kappa shape index (κ1) is 26.3. The fourth-order valence-corrected chi connectivity index (χ4v) is 4.94. The van der Waals surface area contributed by atoms with Crippen LogP contribution in [0.15, 0.2) is 17.5 Å². The number of esters is 2. The highest BCUT2D eigenvalue weighted by Gasteiger charge is 2.40. The molecule has 9 heteroatoms. The van der Waals surface area contributed by atoms with E-state index in [4.69, 9.17) is 13.9 Å². The molecule has 1 atom stereocenters. The van der Waals surface area contributed by atoms with Crippen LogP contribution in [0.5, 0.6) is 0 Å². The summed E-state index contributed by atoms with van der Waals surface area (Å²) in [5, 5.41) is 8.84. The van der Waals surface area contributed by atoms with E-state index >= 15 is 0 Å². The quantitative estimate of drug-likeness (QED) is 0.373. The first-order chi connectivity index (χ1) is 14.7. The molecule has 0 saturated carbocycles. The van der Waals surface area contributed by atoms with Gasteiger partial charge in [-0.2, -0.15) is 5.10 Å². The maximum atomic E-state index is 12.9. The van der Waals surface area contributed by atoms with Crippen LogP contribution in [-0.2, 0) is 20.3 Å². The first-order valence-corrected chi connectivity index (χ1v) is 14.6. The van der Waals surface area contributed by atoms with E-state index in [1.165, 1.54) is 0 Å². The van der Waals surface area contributed by atoms with Gasteiger partial charge in [0.1, 0.15) is 11.3 Å². The Morgan fingerprint density at radius 1 is 1.16 bits per heavy atom. The molecule has 0 amide bonds. The van der Waals surface area contributed by atoms with E-state index in [9.17, 15) is 9.59 Å². The van der Waals surface area contributed by atoms with Crippen molar-refractivity contribution in [3.63, 3.8) is 0 Å². The Labute approximate surface area is 196 Å². The molecule has 2 aromatic heterocycles. The van der Waals surface area contributed by atoms with E-state index in [0.717, 1.165) is 4.88 Å². The molecule has 0 aromatic carbocycles. The van der Waals surface area contributed by atoms with Gasteiger partial charge in [0.15, 0.2) is 14.0 Å². The van der Waals surface area contributed by atoms with Crippen LogP contribution in [0.2, 0.25) is 18.1 Å². The molecular formula is C23H36N2O5SSi. The maximum absolute atomic E-state index is 12.9. The number of aromatic nitrogens is 2. The van der Waals surface area contributed by atoms with E-state index < -0.39 is 25.9 Å². The van der Waals surface area contributed by atoms with Crippen molar-refractivity contribution in [3.05, 3.63) is 39.3 Å². The summed E-state index contributed by atoms with van der Waals surface area (Å²) in [4.78, 5) is 26.6. The minimum atomic E-state index is -2.16. The number of nitrogens with one attached hydrogen (secondary N) is 1. The van der Waals surface area contributed by atoms with Gasteiger partial charge in [0.05, 0.1) is 12.7 Å². The molecule has 0 fully saturated rings. The molecule has 0 aliphatic carbocycles. The Hall–Kier alpha value is -1.97. The van der Waals surface area contributed by atoms with Gasteiger partial charge in [-0.3, -0.25) is 5.10 Å². The van der Waals surface area contributed by atoms with Crippen LogP contribution in [-0.4, -0.2) is 42.7 Å². The van der Waals surface area contributed by atoms with E-state index in [1.807, 2.05) is 17.5 Å². The molecule has 2 rings (SSSR count). The number of aromatic amines is 1. The number of H-pyrrole nitrogens is 1. The van der Waals surface area contributed by atoms with Gasteiger partial charge in [0.2, 0.25) is 0 Å². The number of thiophene rings is 1. The van der Waals surface area contributed by atoms with Crippen molar-refractivity contribution in [2.45, 2.75) is 84.7 Å². The fraction of sp³-hybridized carbons (Fsp3) is 0.609. The van der Waals surface area contributed by atoms with Crippen LogP contribution in [0.4, 0.5) is 0 Å². The molecule has 0 radical (unpaired) electrons. The average molecular weight is 481 g/mol. The van der Waals surface area contributed by atoms with Crippen molar-refractivity contribution in [1.82, 2.24) is 10.2 Å². The molecule has 0 bridgehead atoms. The molecule has 2 heterocycles. The third kappa shape index (κ3) is 6.52. The summed E-state index contributed by atoms with van der Waals surface area (Å²) in [6.45, 7) is 18.2. The van der Waals surface area contributed by atoms with E-state index in [0.29, 0.717) is 12.0 Å². The summed E-state index contributed by atoms with van der Waals surface area (Å²) in [6, 6.07) is 3.98. The Bertz CT molecular complexity index is 923. The van der Waals surface area contributed by atoms with Gasteiger partial charge in [-0.1, -0.05) is 26.8 Å². The largest absolute Gasteiger partial charge is 0.461 e. The predicted octanol–water partition coefficient (Wildman–Crippen LogP) is 5.91. The zero-order chi connectivity index (χ0) is 24.3. The van der Waals surface area contributed by atoms with Crippen molar-refractivity contribution < 1.29 is 23.5 Å².